The van der Waals surface area contributed by atoms with E-state index < -0.39 is 0 Å². The first-order valence-corrected chi connectivity index (χ1v) is 4.19. The lowest BCUT2D eigenvalue weighted by atomic mass is 10.7. The zero-order valence-electron chi connectivity index (χ0n) is 6.76. The van der Waals surface area contributed by atoms with Crippen molar-refractivity contribution >= 4 is 16.2 Å². The van der Waals surface area contributed by atoms with Crippen molar-refractivity contribution in [3.63, 3.8) is 0 Å². The number of carbonyl (C=O) groups is 1. The van der Waals surface area contributed by atoms with Crippen molar-refractivity contribution in [2.75, 3.05) is 0 Å². The van der Waals surface area contributed by atoms with Gasteiger partial charge in [0.25, 0.3) is 0 Å². The topological polar surface area (TPSA) is 26.3 Å². The summed E-state index contributed by atoms with van der Waals surface area (Å²) in [6, 6.07) is 0. The van der Waals surface area contributed by atoms with Crippen LogP contribution in [-0.4, -0.2) is 16.2 Å². The van der Waals surface area contributed by atoms with Gasteiger partial charge in [-0.1, -0.05) is 6.08 Å². The molecule has 0 radical (unpaired) electrons. The third-order valence-corrected chi connectivity index (χ3v) is 0.370. The van der Waals surface area contributed by atoms with Crippen LogP contribution in [0.4, 0.5) is 0 Å². The monoisotopic (exact) mass is 158 g/mol. The first-order chi connectivity index (χ1) is 4.68. The molecule has 0 heterocycles. The molecule has 0 saturated carbocycles. The number of hydrogen-bond acceptors (Lipinski definition) is 2. The van der Waals surface area contributed by atoms with Crippen molar-refractivity contribution in [2.45, 2.75) is 13.8 Å². The van der Waals surface area contributed by atoms with Crippen molar-refractivity contribution in [1.29, 1.82) is 0 Å². The van der Waals surface area contributed by atoms with Gasteiger partial charge in [-0.05, 0) is 6.92 Å². The van der Waals surface area contributed by atoms with Crippen molar-refractivity contribution in [3.05, 3.63) is 24.6 Å². The van der Waals surface area contributed by atoms with Crippen molar-refractivity contribution in [2.24, 2.45) is 0 Å². The summed E-state index contributed by atoms with van der Waals surface area (Å²) in [6.07, 6.45) is 3.00. The molecule has 58 valence electrons. The maximum Gasteiger partial charge on any atom is 0.307 e. The highest BCUT2D eigenvalue weighted by molar-refractivity contribution is 6.16. The zero-order chi connectivity index (χ0) is 8.41. The summed E-state index contributed by atoms with van der Waals surface area (Å²) in [4.78, 5) is 9.93. The maximum atomic E-state index is 9.93. The minimum Gasteiger partial charge on any atom is -0.435 e. The molecule has 2 nitrogen and oxygen atoms in total. The highest BCUT2D eigenvalue weighted by atomic mass is 28.1. The Hall–Kier alpha value is -0.833. The van der Waals surface area contributed by atoms with E-state index in [-0.39, 0.29) is 5.97 Å². The van der Waals surface area contributed by atoms with Gasteiger partial charge in [-0.25, -0.2) is 0 Å². The zero-order valence-corrected chi connectivity index (χ0v) is 8.76. The number of ether oxygens (including phenoxy) is 1. The van der Waals surface area contributed by atoms with Crippen LogP contribution in [0, 0.1) is 0 Å². The molecule has 10 heavy (non-hydrogen) atoms. The van der Waals surface area contributed by atoms with Gasteiger partial charge in [-0.3, -0.25) is 4.79 Å². The van der Waals surface area contributed by atoms with Crippen molar-refractivity contribution in [3.8, 4) is 0 Å². The number of allylic oxidation sites excluding steroid dienone is 1. The largest absolute Gasteiger partial charge is 0.435 e. The Bertz CT molecular complexity index is 119. The van der Waals surface area contributed by atoms with Crippen LogP contribution >= 0.6 is 0 Å². The number of hydrogen-bond donors (Lipinski definition) is 0. The van der Waals surface area contributed by atoms with Crippen molar-refractivity contribution < 1.29 is 9.53 Å². The molecular formula is C7H14O2Si. The van der Waals surface area contributed by atoms with E-state index in [0.717, 1.165) is 10.2 Å². The van der Waals surface area contributed by atoms with Gasteiger partial charge in [0.2, 0.25) is 0 Å². The van der Waals surface area contributed by atoms with Gasteiger partial charge in [0, 0.05) is 17.2 Å². The highest BCUT2D eigenvalue weighted by Gasteiger charge is 1.80. The smallest absolute Gasteiger partial charge is 0.307 e. The van der Waals surface area contributed by atoms with Crippen LogP contribution in [-0.2, 0) is 9.53 Å². The SMILES string of the molecule is C=C[SiH3].CC=COC(C)=O. The second-order valence-electron chi connectivity index (χ2n) is 1.49. The van der Waals surface area contributed by atoms with E-state index >= 15 is 0 Å². The Morgan fingerprint density at radius 2 is 2.10 bits per heavy atom. The maximum absolute atomic E-state index is 9.93. The van der Waals surface area contributed by atoms with Crippen LogP contribution < -0.4 is 0 Å². The molecule has 0 aromatic carbocycles. The van der Waals surface area contributed by atoms with Gasteiger partial charge in [0.1, 0.15) is 0 Å². The second kappa shape index (κ2) is 11.0. The fourth-order valence-electron chi connectivity index (χ4n) is 0.164. The Morgan fingerprint density at radius 3 is 2.20 bits per heavy atom. The molecule has 0 spiro atoms. The minimum absolute atomic E-state index is 0.280. The normalized spacial score (nSPS) is 8.20. The van der Waals surface area contributed by atoms with E-state index in [1.807, 2.05) is 5.70 Å². The van der Waals surface area contributed by atoms with E-state index in [1.54, 1.807) is 13.0 Å². The standard InChI is InChI=1S/C5H8O2.C2H6Si/c1-3-4-7-5(2)6;1-2-3/h3-4H,1-2H3;2H,1H2,3H3. The summed E-state index contributed by atoms with van der Waals surface area (Å²) in [7, 11) is 1.13. The fraction of sp³-hybridized carbons (Fsp3) is 0.286. The van der Waals surface area contributed by atoms with Gasteiger partial charge in [-0.15, -0.1) is 12.3 Å². The molecule has 3 heteroatoms. The number of carbonyl (C=O) groups excluding carboxylic acids is 1. The average Bonchev–Trinajstić information content (AvgIpc) is 1.85. The molecule has 0 aromatic heterocycles. The lowest BCUT2D eigenvalue weighted by Crippen LogP contribution is -1.88. The summed E-state index contributed by atoms with van der Waals surface area (Å²) in [5.74, 6) is -0.280. The highest BCUT2D eigenvalue weighted by Crippen LogP contribution is 1.75. The Morgan fingerprint density at radius 1 is 1.70 bits per heavy atom. The molecule has 0 aliphatic carbocycles. The lowest BCUT2D eigenvalue weighted by molar-refractivity contribution is -0.135. The van der Waals surface area contributed by atoms with Crippen LogP contribution in [0.2, 0.25) is 0 Å². The summed E-state index contributed by atoms with van der Waals surface area (Å²) in [5, 5.41) is 0. The predicted molar refractivity (Wildman–Crippen MR) is 46.7 cm³/mol. The Kier molecular flexibility index (Phi) is 13.1. The quantitative estimate of drug-likeness (QED) is 0.317. The molecule has 0 amide bonds. The van der Waals surface area contributed by atoms with Crippen LogP contribution in [0.25, 0.3) is 0 Å². The molecule has 0 aliphatic rings. The third-order valence-electron chi connectivity index (χ3n) is 0.370. The first kappa shape index (κ1) is 11.9. The van der Waals surface area contributed by atoms with E-state index in [9.17, 15) is 4.79 Å². The number of esters is 1. The molecule has 0 saturated heterocycles. The van der Waals surface area contributed by atoms with Crippen LogP contribution in [0.1, 0.15) is 13.8 Å². The first-order valence-electron chi connectivity index (χ1n) is 3.04. The van der Waals surface area contributed by atoms with Gasteiger partial charge >= 0.3 is 5.97 Å². The molecule has 0 atom stereocenters. The molecule has 0 aromatic rings. The average molecular weight is 158 g/mol. The van der Waals surface area contributed by atoms with Crippen LogP contribution in [0.5, 0.6) is 0 Å². The van der Waals surface area contributed by atoms with Crippen LogP contribution in [0.15, 0.2) is 24.6 Å². The number of rotatable bonds is 1. The third kappa shape index (κ3) is 27.2. The van der Waals surface area contributed by atoms with E-state index in [1.165, 1.54) is 13.2 Å². The Labute approximate surface area is 65.0 Å². The summed E-state index contributed by atoms with van der Waals surface area (Å²) < 4.78 is 4.37. The molecule has 0 unspecified atom stereocenters. The van der Waals surface area contributed by atoms with Gasteiger partial charge in [0.05, 0.1) is 6.26 Å². The molecular weight excluding hydrogens is 144 g/mol. The molecule has 0 aliphatic heterocycles. The summed E-state index contributed by atoms with van der Waals surface area (Å²) in [5.41, 5.74) is 1.89. The Balaban J connectivity index is 0. The summed E-state index contributed by atoms with van der Waals surface area (Å²) in [6.45, 7) is 6.56. The molecule has 0 N–H and O–H groups in total. The van der Waals surface area contributed by atoms with Gasteiger partial charge in [-0.2, -0.15) is 0 Å². The van der Waals surface area contributed by atoms with Gasteiger partial charge < -0.3 is 4.74 Å². The predicted octanol–water partition coefficient (Wildman–Crippen LogP) is 0.578. The van der Waals surface area contributed by atoms with E-state index in [2.05, 4.69) is 11.3 Å². The second-order valence-corrected chi connectivity index (χ2v) is 2.30. The molecule has 0 rings (SSSR count). The molecule has 0 fully saturated rings. The van der Waals surface area contributed by atoms with E-state index in [4.69, 9.17) is 0 Å². The van der Waals surface area contributed by atoms with Crippen molar-refractivity contribution in [1.82, 2.24) is 0 Å². The van der Waals surface area contributed by atoms with Gasteiger partial charge in [0.15, 0.2) is 0 Å². The summed E-state index contributed by atoms with van der Waals surface area (Å²) >= 11 is 0. The van der Waals surface area contributed by atoms with E-state index in [0.29, 0.717) is 0 Å². The lowest BCUT2D eigenvalue weighted by Gasteiger charge is -1.85. The van der Waals surface area contributed by atoms with Crippen LogP contribution in [0.3, 0.4) is 0 Å². The minimum atomic E-state index is -0.280. The fourth-order valence-corrected chi connectivity index (χ4v) is 0.164. The molecule has 0 bridgehead atoms.